The van der Waals surface area contributed by atoms with Crippen LogP contribution >= 0.6 is 0 Å². The van der Waals surface area contributed by atoms with Gasteiger partial charge >= 0.3 is 6.09 Å². The third-order valence-electron chi connectivity index (χ3n) is 4.47. The second-order valence-corrected chi connectivity index (χ2v) is 6.28. The minimum Gasteiger partial charge on any atom is -0.465 e. The number of ether oxygens (including phenoxy) is 1. The van der Waals surface area contributed by atoms with Crippen LogP contribution in [0.3, 0.4) is 0 Å². The van der Waals surface area contributed by atoms with Crippen molar-refractivity contribution in [3.05, 3.63) is 35.9 Å². The molecule has 1 N–H and O–H groups in total. The van der Waals surface area contributed by atoms with Gasteiger partial charge in [-0.25, -0.2) is 4.79 Å². The molecule has 2 rings (SSSR count). The Hall–Kier alpha value is -1.55. The zero-order valence-electron chi connectivity index (χ0n) is 13.4. The maximum absolute atomic E-state index is 11.5. The Balaban J connectivity index is 1.67. The first-order chi connectivity index (χ1) is 10.7. The molecule has 0 atom stereocenters. The molecule has 1 aromatic carbocycles. The van der Waals surface area contributed by atoms with E-state index < -0.39 is 6.09 Å². The van der Waals surface area contributed by atoms with E-state index in [1.54, 1.807) is 4.90 Å². The van der Waals surface area contributed by atoms with Crippen molar-refractivity contribution >= 4 is 6.09 Å². The highest BCUT2D eigenvalue weighted by molar-refractivity contribution is 5.65. The summed E-state index contributed by atoms with van der Waals surface area (Å²) in [6.07, 6.45) is 4.24. The van der Waals surface area contributed by atoms with Gasteiger partial charge in [0.05, 0.1) is 6.61 Å². The molecule has 4 nitrogen and oxygen atoms in total. The van der Waals surface area contributed by atoms with Crippen LogP contribution in [-0.2, 0) is 11.3 Å². The van der Waals surface area contributed by atoms with E-state index in [1.165, 1.54) is 0 Å². The number of amides is 1. The maximum Gasteiger partial charge on any atom is 0.407 e. The van der Waals surface area contributed by atoms with E-state index >= 15 is 0 Å². The number of nitrogens with zero attached hydrogens (tertiary/aromatic N) is 1. The van der Waals surface area contributed by atoms with Crippen molar-refractivity contribution in [3.8, 4) is 0 Å². The average Bonchev–Trinajstić information content (AvgIpc) is 2.53. The summed E-state index contributed by atoms with van der Waals surface area (Å²) in [6.45, 7) is 4.01. The van der Waals surface area contributed by atoms with Crippen molar-refractivity contribution in [1.82, 2.24) is 4.90 Å². The molecule has 0 aliphatic heterocycles. The van der Waals surface area contributed by atoms with Gasteiger partial charge in [0.2, 0.25) is 0 Å². The average molecular weight is 305 g/mol. The summed E-state index contributed by atoms with van der Waals surface area (Å²) >= 11 is 0. The van der Waals surface area contributed by atoms with Gasteiger partial charge in [0, 0.05) is 19.2 Å². The maximum atomic E-state index is 11.5. The molecule has 22 heavy (non-hydrogen) atoms. The van der Waals surface area contributed by atoms with E-state index in [4.69, 9.17) is 4.74 Å². The molecule has 0 spiro atoms. The first-order valence-corrected chi connectivity index (χ1v) is 8.28. The molecular formula is C18H27NO3. The minimum atomic E-state index is -0.789. The standard InChI is InChI=1S/C18H27NO3/c1-15-8-10-17(11-9-15)19(18(20)21)12-5-13-22-14-16-6-3-2-4-7-16/h2-4,6-7,15,17H,5,8-14H2,1H3,(H,20,21). The van der Waals surface area contributed by atoms with Gasteiger partial charge in [-0.1, -0.05) is 37.3 Å². The highest BCUT2D eigenvalue weighted by Crippen LogP contribution is 2.27. The zero-order chi connectivity index (χ0) is 15.8. The topological polar surface area (TPSA) is 49.8 Å². The molecule has 1 saturated carbocycles. The molecule has 0 bridgehead atoms. The van der Waals surface area contributed by atoms with Gasteiger partial charge in [0.1, 0.15) is 0 Å². The van der Waals surface area contributed by atoms with Crippen molar-refractivity contribution in [2.75, 3.05) is 13.2 Å². The lowest BCUT2D eigenvalue weighted by Gasteiger charge is -2.34. The Morgan fingerprint density at radius 3 is 2.55 bits per heavy atom. The van der Waals surface area contributed by atoms with Gasteiger partial charge in [-0.3, -0.25) is 0 Å². The molecule has 1 aliphatic rings. The number of hydrogen-bond acceptors (Lipinski definition) is 2. The number of carbonyl (C=O) groups is 1. The van der Waals surface area contributed by atoms with Gasteiger partial charge in [0.25, 0.3) is 0 Å². The lowest BCUT2D eigenvalue weighted by Crippen LogP contribution is -2.42. The Labute approximate surface area is 133 Å². The first-order valence-electron chi connectivity index (χ1n) is 8.28. The molecule has 1 amide bonds. The van der Waals surface area contributed by atoms with E-state index in [0.717, 1.165) is 43.6 Å². The van der Waals surface area contributed by atoms with Gasteiger partial charge < -0.3 is 14.7 Å². The normalized spacial score (nSPS) is 21.5. The van der Waals surface area contributed by atoms with E-state index in [0.29, 0.717) is 19.8 Å². The monoisotopic (exact) mass is 305 g/mol. The molecule has 0 aromatic heterocycles. The van der Waals surface area contributed by atoms with Crippen molar-refractivity contribution in [2.24, 2.45) is 5.92 Å². The molecule has 0 radical (unpaired) electrons. The molecule has 4 heteroatoms. The Morgan fingerprint density at radius 1 is 1.23 bits per heavy atom. The van der Waals surface area contributed by atoms with Crippen LogP contribution in [-0.4, -0.2) is 35.3 Å². The molecule has 0 heterocycles. The van der Waals surface area contributed by atoms with Crippen LogP contribution in [0, 0.1) is 5.92 Å². The predicted molar refractivity (Wildman–Crippen MR) is 86.9 cm³/mol. The molecular weight excluding hydrogens is 278 g/mol. The molecule has 0 unspecified atom stereocenters. The Morgan fingerprint density at radius 2 is 1.91 bits per heavy atom. The summed E-state index contributed by atoms with van der Waals surface area (Å²) < 4.78 is 5.63. The molecule has 1 fully saturated rings. The van der Waals surface area contributed by atoms with E-state index in [2.05, 4.69) is 6.92 Å². The SMILES string of the molecule is CC1CCC(N(CCCOCc2ccccc2)C(=O)O)CC1. The fraction of sp³-hybridized carbons (Fsp3) is 0.611. The van der Waals surface area contributed by atoms with E-state index in [1.807, 2.05) is 30.3 Å². The fourth-order valence-corrected chi connectivity index (χ4v) is 3.09. The largest absolute Gasteiger partial charge is 0.465 e. The molecule has 122 valence electrons. The third-order valence-corrected chi connectivity index (χ3v) is 4.47. The fourth-order valence-electron chi connectivity index (χ4n) is 3.09. The minimum absolute atomic E-state index is 0.197. The summed E-state index contributed by atoms with van der Waals surface area (Å²) in [5.41, 5.74) is 1.15. The third kappa shape index (κ3) is 5.34. The van der Waals surface area contributed by atoms with Crippen molar-refractivity contribution < 1.29 is 14.6 Å². The summed E-state index contributed by atoms with van der Waals surface area (Å²) in [7, 11) is 0. The quantitative estimate of drug-likeness (QED) is 0.770. The van der Waals surface area contributed by atoms with Crippen molar-refractivity contribution in [1.29, 1.82) is 0 Å². The van der Waals surface area contributed by atoms with Crippen LogP contribution in [0.5, 0.6) is 0 Å². The smallest absolute Gasteiger partial charge is 0.407 e. The highest BCUT2D eigenvalue weighted by atomic mass is 16.5. The summed E-state index contributed by atoms with van der Waals surface area (Å²) in [4.78, 5) is 13.1. The van der Waals surface area contributed by atoms with Gasteiger partial charge in [-0.2, -0.15) is 0 Å². The summed E-state index contributed by atoms with van der Waals surface area (Å²) in [6, 6.07) is 10.2. The van der Waals surface area contributed by atoms with Gasteiger partial charge in [-0.15, -0.1) is 0 Å². The Kier molecular flexibility index (Phi) is 6.72. The van der Waals surface area contributed by atoms with Gasteiger partial charge in [0.15, 0.2) is 0 Å². The Bertz CT molecular complexity index is 441. The van der Waals surface area contributed by atoms with Crippen LogP contribution in [0.25, 0.3) is 0 Å². The van der Waals surface area contributed by atoms with Crippen LogP contribution in [0.1, 0.15) is 44.6 Å². The summed E-state index contributed by atoms with van der Waals surface area (Å²) in [5, 5.41) is 9.41. The number of carboxylic acid groups (broad SMARTS) is 1. The predicted octanol–water partition coefficient (Wildman–Crippen LogP) is 4.15. The van der Waals surface area contributed by atoms with Crippen LogP contribution in [0.4, 0.5) is 4.79 Å². The lowest BCUT2D eigenvalue weighted by molar-refractivity contribution is 0.0824. The molecule has 0 saturated heterocycles. The van der Waals surface area contributed by atoms with Crippen molar-refractivity contribution in [3.63, 3.8) is 0 Å². The van der Waals surface area contributed by atoms with E-state index in [-0.39, 0.29) is 6.04 Å². The second kappa shape index (κ2) is 8.79. The molecule has 1 aromatic rings. The van der Waals surface area contributed by atoms with Crippen LogP contribution < -0.4 is 0 Å². The van der Waals surface area contributed by atoms with E-state index in [9.17, 15) is 9.90 Å². The van der Waals surface area contributed by atoms with Crippen molar-refractivity contribution in [2.45, 2.75) is 51.7 Å². The molecule has 1 aliphatic carbocycles. The zero-order valence-corrected chi connectivity index (χ0v) is 13.4. The number of rotatable bonds is 7. The number of benzene rings is 1. The highest BCUT2D eigenvalue weighted by Gasteiger charge is 2.26. The second-order valence-electron chi connectivity index (χ2n) is 6.28. The van der Waals surface area contributed by atoms with Crippen LogP contribution in [0.15, 0.2) is 30.3 Å². The lowest BCUT2D eigenvalue weighted by atomic mass is 9.86. The summed E-state index contributed by atoms with van der Waals surface area (Å²) in [5.74, 6) is 0.737. The first kappa shape index (κ1) is 16.8. The number of hydrogen-bond donors (Lipinski definition) is 1. The van der Waals surface area contributed by atoms with Crippen LogP contribution in [0.2, 0.25) is 0 Å². The van der Waals surface area contributed by atoms with Gasteiger partial charge in [-0.05, 0) is 43.6 Å².